The van der Waals surface area contributed by atoms with E-state index in [0.717, 1.165) is 32.4 Å². The van der Waals surface area contributed by atoms with E-state index in [1.807, 2.05) is 17.0 Å². The van der Waals surface area contributed by atoms with E-state index in [0.29, 0.717) is 18.8 Å². The maximum Gasteiger partial charge on any atom is 0.222 e. The van der Waals surface area contributed by atoms with Crippen LogP contribution in [0.4, 0.5) is 0 Å². The number of hydrogen-bond acceptors (Lipinski definition) is 2. The monoisotopic (exact) mass is 330 g/mol. The Labute approximate surface area is 145 Å². The van der Waals surface area contributed by atoms with Crippen molar-refractivity contribution in [3.05, 3.63) is 35.4 Å². The van der Waals surface area contributed by atoms with Crippen LogP contribution in [-0.4, -0.2) is 35.8 Å². The standard InChI is InChI=1S/C20H30N2O2/c1-15(2)14-19(23)21-18-10-12-22(13-11-18)20(24)9-8-17-7-5-4-6-16(17)3/h4-7,15,18H,8-14H2,1-3H3,(H,21,23). The predicted molar refractivity (Wildman–Crippen MR) is 96.7 cm³/mol. The maximum atomic E-state index is 12.4. The molecule has 1 aliphatic rings. The van der Waals surface area contributed by atoms with Crippen LogP contribution in [-0.2, 0) is 16.0 Å². The molecule has 1 aliphatic heterocycles. The van der Waals surface area contributed by atoms with Crippen LogP contribution in [0.3, 0.4) is 0 Å². The smallest absolute Gasteiger partial charge is 0.222 e. The van der Waals surface area contributed by atoms with E-state index < -0.39 is 0 Å². The number of likely N-dealkylation sites (tertiary alicyclic amines) is 1. The van der Waals surface area contributed by atoms with E-state index in [9.17, 15) is 9.59 Å². The van der Waals surface area contributed by atoms with Crippen LogP contribution in [0.25, 0.3) is 0 Å². The highest BCUT2D eigenvalue weighted by molar-refractivity contribution is 5.77. The number of nitrogens with one attached hydrogen (secondary N) is 1. The van der Waals surface area contributed by atoms with Crippen LogP contribution < -0.4 is 5.32 Å². The summed E-state index contributed by atoms with van der Waals surface area (Å²) < 4.78 is 0. The van der Waals surface area contributed by atoms with Gasteiger partial charge in [0.25, 0.3) is 0 Å². The minimum Gasteiger partial charge on any atom is -0.353 e. The van der Waals surface area contributed by atoms with Gasteiger partial charge < -0.3 is 10.2 Å². The Balaban J connectivity index is 1.72. The van der Waals surface area contributed by atoms with Gasteiger partial charge in [-0.3, -0.25) is 9.59 Å². The van der Waals surface area contributed by atoms with Gasteiger partial charge in [-0.2, -0.15) is 0 Å². The number of rotatable bonds is 6. The quantitative estimate of drug-likeness (QED) is 0.871. The molecule has 0 aromatic heterocycles. The molecule has 132 valence electrons. The van der Waals surface area contributed by atoms with E-state index in [4.69, 9.17) is 0 Å². The van der Waals surface area contributed by atoms with E-state index in [-0.39, 0.29) is 17.9 Å². The third-order valence-electron chi connectivity index (χ3n) is 4.68. The second-order valence-corrected chi connectivity index (χ2v) is 7.25. The largest absolute Gasteiger partial charge is 0.353 e. The maximum absolute atomic E-state index is 12.4. The summed E-state index contributed by atoms with van der Waals surface area (Å²) in [4.78, 5) is 26.2. The van der Waals surface area contributed by atoms with Crippen LogP contribution in [0, 0.1) is 12.8 Å². The van der Waals surface area contributed by atoms with E-state index in [1.54, 1.807) is 0 Å². The summed E-state index contributed by atoms with van der Waals surface area (Å²) in [6.07, 6.45) is 3.67. The van der Waals surface area contributed by atoms with Crippen LogP contribution >= 0.6 is 0 Å². The molecule has 2 amide bonds. The Kier molecular flexibility index (Phi) is 6.83. The molecule has 24 heavy (non-hydrogen) atoms. The van der Waals surface area contributed by atoms with Crippen molar-refractivity contribution in [1.29, 1.82) is 0 Å². The summed E-state index contributed by atoms with van der Waals surface area (Å²) in [6.45, 7) is 7.69. The van der Waals surface area contributed by atoms with Gasteiger partial charge in [0.1, 0.15) is 0 Å². The molecule has 0 bridgehead atoms. The van der Waals surface area contributed by atoms with Crippen LogP contribution in [0.5, 0.6) is 0 Å². The molecule has 1 aromatic carbocycles. The van der Waals surface area contributed by atoms with Crippen LogP contribution in [0.2, 0.25) is 0 Å². The molecular weight excluding hydrogens is 300 g/mol. The van der Waals surface area contributed by atoms with Crippen LogP contribution in [0.15, 0.2) is 24.3 Å². The van der Waals surface area contributed by atoms with Crippen molar-refractivity contribution >= 4 is 11.8 Å². The highest BCUT2D eigenvalue weighted by atomic mass is 16.2. The highest BCUT2D eigenvalue weighted by Crippen LogP contribution is 2.15. The highest BCUT2D eigenvalue weighted by Gasteiger charge is 2.23. The van der Waals surface area contributed by atoms with Crippen molar-refractivity contribution < 1.29 is 9.59 Å². The number of piperidine rings is 1. The van der Waals surface area contributed by atoms with Gasteiger partial charge in [0, 0.05) is 32.0 Å². The fourth-order valence-electron chi connectivity index (χ4n) is 3.22. The first-order chi connectivity index (χ1) is 11.5. The lowest BCUT2D eigenvalue weighted by Crippen LogP contribution is -2.46. The minimum atomic E-state index is 0.134. The molecule has 0 aliphatic carbocycles. The van der Waals surface area contributed by atoms with E-state index >= 15 is 0 Å². The second-order valence-electron chi connectivity index (χ2n) is 7.25. The molecule has 0 radical (unpaired) electrons. The van der Waals surface area contributed by atoms with Gasteiger partial charge in [-0.25, -0.2) is 0 Å². The zero-order valence-corrected chi connectivity index (χ0v) is 15.2. The molecule has 0 saturated carbocycles. The molecule has 1 aromatic rings. The normalized spacial score (nSPS) is 15.6. The molecule has 1 heterocycles. The summed E-state index contributed by atoms with van der Waals surface area (Å²) in [7, 11) is 0. The van der Waals surface area contributed by atoms with Crippen molar-refractivity contribution in [1.82, 2.24) is 10.2 Å². The molecule has 2 rings (SSSR count). The number of carbonyl (C=O) groups excluding carboxylic acids is 2. The third kappa shape index (κ3) is 5.66. The SMILES string of the molecule is Cc1ccccc1CCC(=O)N1CCC(NC(=O)CC(C)C)CC1. The Morgan fingerprint density at radius 1 is 1.21 bits per heavy atom. The van der Waals surface area contributed by atoms with Gasteiger partial charge in [-0.05, 0) is 43.2 Å². The lowest BCUT2D eigenvalue weighted by molar-refractivity contribution is -0.132. The molecule has 0 unspecified atom stereocenters. The Morgan fingerprint density at radius 2 is 1.88 bits per heavy atom. The number of nitrogens with zero attached hydrogens (tertiary/aromatic N) is 1. The number of aryl methyl sites for hydroxylation is 2. The fourth-order valence-corrected chi connectivity index (χ4v) is 3.22. The van der Waals surface area contributed by atoms with Gasteiger partial charge in [0.2, 0.25) is 11.8 Å². The second kappa shape index (κ2) is 8.86. The van der Waals surface area contributed by atoms with Crippen molar-refractivity contribution in [2.24, 2.45) is 5.92 Å². The summed E-state index contributed by atoms with van der Waals surface area (Å²) in [6, 6.07) is 8.46. The molecule has 4 nitrogen and oxygen atoms in total. The molecule has 0 spiro atoms. The lowest BCUT2D eigenvalue weighted by Gasteiger charge is -2.32. The summed E-state index contributed by atoms with van der Waals surface area (Å²) in [5, 5.41) is 3.10. The third-order valence-corrected chi connectivity index (χ3v) is 4.68. The molecule has 1 saturated heterocycles. The van der Waals surface area contributed by atoms with Gasteiger partial charge in [-0.1, -0.05) is 38.1 Å². The lowest BCUT2D eigenvalue weighted by atomic mass is 10.0. The average Bonchev–Trinajstić information content (AvgIpc) is 2.53. The fraction of sp³-hybridized carbons (Fsp3) is 0.600. The molecular formula is C20H30N2O2. The molecule has 1 fully saturated rings. The number of benzene rings is 1. The molecule has 1 N–H and O–H groups in total. The predicted octanol–water partition coefficient (Wildman–Crippen LogP) is 3.08. The average molecular weight is 330 g/mol. The Hall–Kier alpha value is -1.84. The van der Waals surface area contributed by atoms with Crippen molar-refractivity contribution in [3.63, 3.8) is 0 Å². The first-order valence-corrected chi connectivity index (χ1v) is 9.07. The summed E-state index contributed by atoms with van der Waals surface area (Å²) in [5.74, 6) is 0.743. The van der Waals surface area contributed by atoms with Crippen molar-refractivity contribution in [2.75, 3.05) is 13.1 Å². The van der Waals surface area contributed by atoms with Crippen molar-refractivity contribution in [3.8, 4) is 0 Å². The topological polar surface area (TPSA) is 49.4 Å². The summed E-state index contributed by atoms with van der Waals surface area (Å²) >= 11 is 0. The number of amides is 2. The molecule has 0 atom stereocenters. The summed E-state index contributed by atoms with van der Waals surface area (Å²) in [5.41, 5.74) is 2.50. The molecule has 4 heteroatoms. The Morgan fingerprint density at radius 3 is 2.50 bits per heavy atom. The number of carbonyl (C=O) groups is 2. The first kappa shape index (κ1) is 18.5. The van der Waals surface area contributed by atoms with Gasteiger partial charge >= 0.3 is 0 Å². The Bertz CT molecular complexity index is 561. The van der Waals surface area contributed by atoms with Gasteiger partial charge in [0.15, 0.2) is 0 Å². The number of hydrogen-bond donors (Lipinski definition) is 1. The zero-order chi connectivity index (χ0) is 17.5. The van der Waals surface area contributed by atoms with Gasteiger partial charge in [0.05, 0.1) is 0 Å². The van der Waals surface area contributed by atoms with Gasteiger partial charge in [-0.15, -0.1) is 0 Å². The van der Waals surface area contributed by atoms with E-state index in [2.05, 4.69) is 38.2 Å². The zero-order valence-electron chi connectivity index (χ0n) is 15.2. The van der Waals surface area contributed by atoms with E-state index in [1.165, 1.54) is 11.1 Å². The minimum absolute atomic E-state index is 0.134. The van der Waals surface area contributed by atoms with Crippen molar-refractivity contribution in [2.45, 2.75) is 58.9 Å². The van der Waals surface area contributed by atoms with Crippen LogP contribution in [0.1, 0.15) is 50.7 Å². The first-order valence-electron chi connectivity index (χ1n) is 9.07.